The Kier molecular flexibility index (Phi) is 6.29. The summed E-state index contributed by atoms with van der Waals surface area (Å²) in [7, 11) is 1.69. The standard InChI is InChI=1S/C19H32N4O3/c1-15(2)11-17-20-16(21-26-17)12-22-8-4-6-19(13-22)7-5-18(24)23(14-19)9-10-25-3/h15H,4-14H2,1-3H3. The molecule has 26 heavy (non-hydrogen) atoms. The van der Waals surface area contributed by atoms with Crippen molar-refractivity contribution >= 4 is 5.91 Å². The highest BCUT2D eigenvalue weighted by molar-refractivity contribution is 5.77. The lowest BCUT2D eigenvalue weighted by Crippen LogP contribution is -2.54. The molecular weight excluding hydrogens is 332 g/mol. The Morgan fingerprint density at radius 2 is 2.15 bits per heavy atom. The molecule has 1 aromatic rings. The van der Waals surface area contributed by atoms with Crippen LogP contribution < -0.4 is 0 Å². The van der Waals surface area contributed by atoms with Crippen LogP contribution in [0.2, 0.25) is 0 Å². The molecule has 0 N–H and O–H groups in total. The third kappa shape index (κ3) is 4.82. The second-order valence-electron chi connectivity index (χ2n) is 8.32. The molecule has 2 fully saturated rings. The van der Waals surface area contributed by atoms with Crippen molar-refractivity contribution in [3.8, 4) is 0 Å². The van der Waals surface area contributed by atoms with Gasteiger partial charge in [0.2, 0.25) is 11.8 Å². The second-order valence-corrected chi connectivity index (χ2v) is 8.32. The molecule has 1 atom stereocenters. The molecule has 1 spiro atoms. The number of rotatable bonds is 7. The molecule has 1 unspecified atom stereocenters. The molecule has 1 amide bonds. The van der Waals surface area contributed by atoms with Gasteiger partial charge >= 0.3 is 0 Å². The first-order chi connectivity index (χ1) is 12.5. The maximum absolute atomic E-state index is 12.2. The minimum atomic E-state index is 0.199. The maximum Gasteiger partial charge on any atom is 0.226 e. The molecular formula is C19H32N4O3. The van der Waals surface area contributed by atoms with Crippen molar-refractivity contribution in [1.29, 1.82) is 0 Å². The molecule has 0 saturated carbocycles. The van der Waals surface area contributed by atoms with Crippen LogP contribution in [0.15, 0.2) is 4.52 Å². The molecule has 0 bridgehead atoms. The van der Waals surface area contributed by atoms with Gasteiger partial charge in [-0.3, -0.25) is 9.69 Å². The predicted octanol–water partition coefficient (Wildman–Crippen LogP) is 2.12. The van der Waals surface area contributed by atoms with Crippen molar-refractivity contribution in [2.75, 3.05) is 39.9 Å². The van der Waals surface area contributed by atoms with Gasteiger partial charge in [-0.2, -0.15) is 4.98 Å². The molecule has 0 aromatic carbocycles. The van der Waals surface area contributed by atoms with Gasteiger partial charge in [-0.05, 0) is 31.7 Å². The Labute approximate surface area is 156 Å². The molecule has 7 nitrogen and oxygen atoms in total. The van der Waals surface area contributed by atoms with E-state index in [4.69, 9.17) is 9.26 Å². The van der Waals surface area contributed by atoms with E-state index in [0.29, 0.717) is 25.5 Å². The van der Waals surface area contributed by atoms with Crippen LogP contribution in [-0.4, -0.2) is 65.7 Å². The Morgan fingerprint density at radius 3 is 2.92 bits per heavy atom. The average Bonchev–Trinajstić information content (AvgIpc) is 3.02. The van der Waals surface area contributed by atoms with E-state index in [1.165, 1.54) is 6.42 Å². The van der Waals surface area contributed by atoms with E-state index >= 15 is 0 Å². The number of hydrogen-bond acceptors (Lipinski definition) is 6. The molecule has 0 aliphatic carbocycles. The van der Waals surface area contributed by atoms with Crippen LogP contribution in [0.5, 0.6) is 0 Å². The average molecular weight is 364 g/mol. The van der Waals surface area contributed by atoms with Crippen LogP contribution in [0, 0.1) is 11.3 Å². The first kappa shape index (κ1) is 19.3. The highest BCUT2D eigenvalue weighted by Gasteiger charge is 2.41. The largest absolute Gasteiger partial charge is 0.383 e. The fourth-order valence-corrected chi connectivity index (χ4v) is 4.27. The van der Waals surface area contributed by atoms with E-state index in [0.717, 1.165) is 57.2 Å². The summed E-state index contributed by atoms with van der Waals surface area (Å²) in [6.45, 7) is 9.23. The maximum atomic E-state index is 12.2. The van der Waals surface area contributed by atoms with Gasteiger partial charge in [0, 0.05) is 45.0 Å². The van der Waals surface area contributed by atoms with Crippen molar-refractivity contribution < 1.29 is 14.1 Å². The Hall–Kier alpha value is -1.47. The lowest BCUT2D eigenvalue weighted by Gasteiger charge is -2.48. The summed E-state index contributed by atoms with van der Waals surface area (Å²) >= 11 is 0. The van der Waals surface area contributed by atoms with E-state index in [1.807, 2.05) is 4.90 Å². The van der Waals surface area contributed by atoms with Crippen molar-refractivity contribution in [3.63, 3.8) is 0 Å². The van der Waals surface area contributed by atoms with Crippen LogP contribution in [0.3, 0.4) is 0 Å². The van der Waals surface area contributed by atoms with E-state index in [2.05, 4.69) is 28.9 Å². The van der Waals surface area contributed by atoms with Gasteiger partial charge in [-0.1, -0.05) is 19.0 Å². The van der Waals surface area contributed by atoms with Gasteiger partial charge in [0.1, 0.15) is 0 Å². The SMILES string of the molecule is COCCN1CC2(CCCN(Cc3noc(CC(C)C)n3)C2)CCC1=O. The van der Waals surface area contributed by atoms with Gasteiger partial charge < -0.3 is 14.2 Å². The van der Waals surface area contributed by atoms with Gasteiger partial charge in [0.25, 0.3) is 0 Å². The number of hydrogen-bond donors (Lipinski definition) is 0. The first-order valence-electron chi connectivity index (χ1n) is 9.80. The van der Waals surface area contributed by atoms with Crippen LogP contribution >= 0.6 is 0 Å². The summed E-state index contributed by atoms with van der Waals surface area (Å²) in [5.74, 6) is 2.29. The molecule has 2 aliphatic rings. The van der Waals surface area contributed by atoms with Crippen molar-refractivity contribution in [3.05, 3.63) is 11.7 Å². The number of amides is 1. The number of likely N-dealkylation sites (tertiary alicyclic amines) is 2. The summed E-state index contributed by atoms with van der Waals surface area (Å²) in [5, 5.41) is 4.16. The number of ether oxygens (including phenoxy) is 1. The molecule has 0 radical (unpaired) electrons. The molecule has 146 valence electrons. The van der Waals surface area contributed by atoms with Gasteiger partial charge in [0.05, 0.1) is 13.2 Å². The zero-order valence-corrected chi connectivity index (χ0v) is 16.4. The fraction of sp³-hybridized carbons (Fsp3) is 0.842. The van der Waals surface area contributed by atoms with Crippen LogP contribution in [0.4, 0.5) is 0 Å². The van der Waals surface area contributed by atoms with Crippen LogP contribution in [-0.2, 0) is 22.5 Å². The summed E-state index contributed by atoms with van der Waals surface area (Å²) in [4.78, 5) is 21.2. The smallest absolute Gasteiger partial charge is 0.226 e. The summed E-state index contributed by atoms with van der Waals surface area (Å²) in [6.07, 6.45) is 4.80. The fourth-order valence-electron chi connectivity index (χ4n) is 4.27. The van der Waals surface area contributed by atoms with Crippen LogP contribution in [0.25, 0.3) is 0 Å². The van der Waals surface area contributed by atoms with Crippen molar-refractivity contribution in [2.45, 2.75) is 52.5 Å². The van der Waals surface area contributed by atoms with Crippen molar-refractivity contribution in [1.82, 2.24) is 19.9 Å². The lowest BCUT2D eigenvalue weighted by molar-refractivity contribution is -0.140. The third-order valence-electron chi connectivity index (χ3n) is 5.51. The minimum absolute atomic E-state index is 0.199. The number of carbonyl (C=O) groups excluding carboxylic acids is 1. The van der Waals surface area contributed by atoms with Crippen LogP contribution in [0.1, 0.15) is 51.2 Å². The van der Waals surface area contributed by atoms with E-state index in [1.54, 1.807) is 7.11 Å². The Morgan fingerprint density at radius 1 is 1.31 bits per heavy atom. The number of methoxy groups -OCH3 is 1. The molecule has 3 rings (SSSR count). The monoisotopic (exact) mass is 364 g/mol. The number of carbonyl (C=O) groups is 1. The topological polar surface area (TPSA) is 71.7 Å². The lowest BCUT2D eigenvalue weighted by atomic mass is 9.73. The van der Waals surface area contributed by atoms with Gasteiger partial charge in [0.15, 0.2) is 5.82 Å². The number of aromatic nitrogens is 2. The summed E-state index contributed by atoms with van der Waals surface area (Å²) < 4.78 is 10.5. The Balaban J connectivity index is 1.59. The summed E-state index contributed by atoms with van der Waals surface area (Å²) in [6, 6.07) is 0. The number of piperidine rings is 2. The highest BCUT2D eigenvalue weighted by atomic mass is 16.5. The van der Waals surface area contributed by atoms with Crippen molar-refractivity contribution in [2.24, 2.45) is 11.3 Å². The Bertz CT molecular complexity index is 603. The van der Waals surface area contributed by atoms with Gasteiger partial charge in [-0.15, -0.1) is 0 Å². The number of nitrogens with zero attached hydrogens (tertiary/aromatic N) is 4. The molecule has 2 saturated heterocycles. The van der Waals surface area contributed by atoms with E-state index < -0.39 is 0 Å². The summed E-state index contributed by atoms with van der Waals surface area (Å²) in [5.41, 5.74) is 0.199. The molecule has 1 aromatic heterocycles. The zero-order valence-electron chi connectivity index (χ0n) is 16.4. The second kappa shape index (κ2) is 8.48. The first-order valence-corrected chi connectivity index (χ1v) is 9.80. The highest BCUT2D eigenvalue weighted by Crippen LogP contribution is 2.39. The molecule has 2 aliphatic heterocycles. The normalized spacial score (nSPS) is 24.8. The van der Waals surface area contributed by atoms with Gasteiger partial charge in [-0.25, -0.2) is 0 Å². The predicted molar refractivity (Wildman–Crippen MR) is 97.5 cm³/mol. The third-order valence-corrected chi connectivity index (χ3v) is 5.51. The quantitative estimate of drug-likeness (QED) is 0.738. The van der Waals surface area contributed by atoms with E-state index in [9.17, 15) is 4.79 Å². The van der Waals surface area contributed by atoms with E-state index in [-0.39, 0.29) is 11.3 Å². The molecule has 7 heteroatoms. The zero-order chi connectivity index (χ0) is 18.6. The minimum Gasteiger partial charge on any atom is -0.383 e. The molecule has 3 heterocycles.